The molecule has 1 aromatic carbocycles. The van der Waals surface area contributed by atoms with Gasteiger partial charge < -0.3 is 5.43 Å². The normalized spacial score (nSPS) is 9.92. The van der Waals surface area contributed by atoms with Crippen molar-refractivity contribution < 1.29 is 0 Å². The van der Waals surface area contributed by atoms with Gasteiger partial charge in [0.1, 0.15) is 0 Å². The topological polar surface area (TPSA) is 24.1 Å². The van der Waals surface area contributed by atoms with Crippen LogP contribution in [0.5, 0.6) is 0 Å². The van der Waals surface area contributed by atoms with Gasteiger partial charge in [-0.15, -0.1) is 0 Å². The summed E-state index contributed by atoms with van der Waals surface area (Å²) in [4.78, 5) is 0. The van der Waals surface area contributed by atoms with Crippen LogP contribution in [0.2, 0.25) is 0 Å². The molecule has 66 valence electrons. The zero-order valence-electron chi connectivity index (χ0n) is 7.94. The highest BCUT2D eigenvalue weighted by molar-refractivity contribution is 5.53. The summed E-state index contributed by atoms with van der Waals surface area (Å²) in [6.45, 7) is 4.31. The van der Waals surface area contributed by atoms with Crippen LogP contribution in [-0.4, -0.2) is 7.05 Å². The van der Waals surface area contributed by atoms with Crippen molar-refractivity contribution in [2.75, 3.05) is 12.5 Å². The first kappa shape index (κ1) is 9.07. The lowest BCUT2D eigenvalue weighted by Crippen LogP contribution is -2.16. The van der Waals surface area contributed by atoms with Crippen molar-refractivity contribution in [2.24, 2.45) is 0 Å². The summed E-state index contributed by atoms with van der Waals surface area (Å²) in [5.41, 5.74) is 9.96. The van der Waals surface area contributed by atoms with Gasteiger partial charge in [-0.1, -0.05) is 19.1 Å². The maximum atomic E-state index is 3.12. The summed E-state index contributed by atoms with van der Waals surface area (Å²) in [5, 5.41) is 0. The number of hydrazine groups is 1. The van der Waals surface area contributed by atoms with Gasteiger partial charge in [0.25, 0.3) is 0 Å². The van der Waals surface area contributed by atoms with Crippen molar-refractivity contribution >= 4 is 5.69 Å². The Labute approximate surface area is 74.0 Å². The molecule has 0 unspecified atom stereocenters. The summed E-state index contributed by atoms with van der Waals surface area (Å²) >= 11 is 0. The molecular weight excluding hydrogens is 148 g/mol. The predicted octanol–water partition coefficient (Wildman–Crippen LogP) is 2.10. The number of rotatable bonds is 3. The Kier molecular flexibility index (Phi) is 3.11. The van der Waals surface area contributed by atoms with Gasteiger partial charge in [0.05, 0.1) is 5.69 Å². The Hall–Kier alpha value is -1.02. The van der Waals surface area contributed by atoms with E-state index in [1.165, 1.54) is 16.8 Å². The Morgan fingerprint density at radius 2 is 2.08 bits per heavy atom. The van der Waals surface area contributed by atoms with Crippen LogP contribution in [-0.2, 0) is 6.42 Å². The van der Waals surface area contributed by atoms with Crippen LogP contribution in [0.4, 0.5) is 5.69 Å². The molecule has 1 aromatic rings. The number of hydrogen-bond acceptors (Lipinski definition) is 2. The minimum atomic E-state index is 1.07. The summed E-state index contributed by atoms with van der Waals surface area (Å²) < 4.78 is 0. The van der Waals surface area contributed by atoms with E-state index in [1.54, 1.807) is 0 Å². The second-order valence-electron chi connectivity index (χ2n) is 2.83. The molecule has 0 spiro atoms. The number of nitrogens with one attached hydrogen (secondary N) is 2. The van der Waals surface area contributed by atoms with Gasteiger partial charge in [-0.2, -0.15) is 0 Å². The van der Waals surface area contributed by atoms with Gasteiger partial charge in [-0.3, -0.25) is 0 Å². The van der Waals surface area contributed by atoms with Crippen LogP contribution >= 0.6 is 0 Å². The molecule has 2 N–H and O–H groups in total. The highest BCUT2D eigenvalue weighted by Gasteiger charge is 2.00. The average Bonchev–Trinajstić information content (AvgIpc) is 2.05. The van der Waals surface area contributed by atoms with Crippen molar-refractivity contribution in [1.82, 2.24) is 5.43 Å². The van der Waals surface area contributed by atoms with Crippen molar-refractivity contribution in [3.63, 3.8) is 0 Å². The zero-order chi connectivity index (χ0) is 8.97. The lowest BCUT2D eigenvalue weighted by atomic mass is 10.0. The largest absolute Gasteiger partial charge is 0.321 e. The van der Waals surface area contributed by atoms with Crippen LogP contribution < -0.4 is 10.9 Å². The predicted molar refractivity (Wildman–Crippen MR) is 53.2 cm³/mol. The van der Waals surface area contributed by atoms with E-state index in [2.05, 4.69) is 42.9 Å². The standard InChI is InChI=1S/C10H16N2/c1-4-9-8(2)6-5-7-10(9)12-11-3/h5-7,11-12H,4H2,1-3H3. The number of anilines is 1. The van der Waals surface area contributed by atoms with Crippen molar-refractivity contribution in [3.8, 4) is 0 Å². The molecule has 12 heavy (non-hydrogen) atoms. The molecule has 0 atom stereocenters. The van der Waals surface area contributed by atoms with Gasteiger partial charge >= 0.3 is 0 Å². The van der Waals surface area contributed by atoms with Crippen LogP contribution in [0.15, 0.2) is 18.2 Å². The average molecular weight is 164 g/mol. The smallest absolute Gasteiger partial charge is 0.0521 e. The van der Waals surface area contributed by atoms with Gasteiger partial charge in [0.2, 0.25) is 0 Å². The van der Waals surface area contributed by atoms with E-state index < -0.39 is 0 Å². The summed E-state index contributed by atoms with van der Waals surface area (Å²) in [6, 6.07) is 6.29. The van der Waals surface area contributed by atoms with E-state index >= 15 is 0 Å². The Bertz CT molecular complexity index is 256. The minimum absolute atomic E-state index is 1.07. The Balaban J connectivity index is 3.00. The monoisotopic (exact) mass is 164 g/mol. The van der Waals surface area contributed by atoms with Crippen molar-refractivity contribution in [2.45, 2.75) is 20.3 Å². The fourth-order valence-corrected chi connectivity index (χ4v) is 1.42. The van der Waals surface area contributed by atoms with E-state index in [0.29, 0.717) is 0 Å². The lowest BCUT2D eigenvalue weighted by molar-refractivity contribution is 0.967. The van der Waals surface area contributed by atoms with E-state index in [-0.39, 0.29) is 0 Å². The molecule has 0 aliphatic heterocycles. The third-order valence-corrected chi connectivity index (χ3v) is 2.02. The fourth-order valence-electron chi connectivity index (χ4n) is 1.42. The highest BCUT2D eigenvalue weighted by Crippen LogP contribution is 2.18. The molecule has 0 heterocycles. The first-order chi connectivity index (χ1) is 5.79. The van der Waals surface area contributed by atoms with Crippen LogP contribution in [0, 0.1) is 6.92 Å². The number of benzene rings is 1. The van der Waals surface area contributed by atoms with E-state index in [4.69, 9.17) is 0 Å². The third-order valence-electron chi connectivity index (χ3n) is 2.02. The molecule has 0 fully saturated rings. The molecule has 0 radical (unpaired) electrons. The van der Waals surface area contributed by atoms with Gasteiger partial charge in [-0.25, -0.2) is 5.43 Å². The third kappa shape index (κ3) is 1.77. The highest BCUT2D eigenvalue weighted by atomic mass is 15.3. The summed E-state index contributed by atoms with van der Waals surface area (Å²) in [7, 11) is 1.88. The van der Waals surface area contributed by atoms with Crippen molar-refractivity contribution in [1.29, 1.82) is 0 Å². The molecular formula is C10H16N2. The molecule has 0 aromatic heterocycles. The SMILES string of the molecule is CCc1c(C)cccc1NNC. The fraction of sp³-hybridized carbons (Fsp3) is 0.400. The first-order valence-electron chi connectivity index (χ1n) is 4.30. The first-order valence-corrected chi connectivity index (χ1v) is 4.30. The molecule has 0 amide bonds. The van der Waals surface area contributed by atoms with Gasteiger partial charge in [-0.05, 0) is 30.5 Å². The molecule has 2 nitrogen and oxygen atoms in total. The maximum absolute atomic E-state index is 3.12. The lowest BCUT2D eigenvalue weighted by Gasteiger charge is -2.11. The Morgan fingerprint density at radius 3 is 2.67 bits per heavy atom. The second-order valence-corrected chi connectivity index (χ2v) is 2.83. The Morgan fingerprint density at radius 1 is 1.33 bits per heavy atom. The van der Waals surface area contributed by atoms with Crippen molar-refractivity contribution in [3.05, 3.63) is 29.3 Å². The molecule has 0 saturated carbocycles. The number of aryl methyl sites for hydroxylation is 1. The van der Waals surface area contributed by atoms with E-state index in [1.807, 2.05) is 7.05 Å². The van der Waals surface area contributed by atoms with E-state index in [0.717, 1.165) is 6.42 Å². The molecule has 0 aliphatic carbocycles. The molecule has 1 rings (SSSR count). The molecule has 2 heteroatoms. The summed E-state index contributed by atoms with van der Waals surface area (Å²) in [5.74, 6) is 0. The number of hydrogen-bond donors (Lipinski definition) is 2. The molecule has 0 saturated heterocycles. The van der Waals surface area contributed by atoms with Gasteiger partial charge in [0, 0.05) is 7.05 Å². The van der Waals surface area contributed by atoms with Crippen LogP contribution in [0.25, 0.3) is 0 Å². The van der Waals surface area contributed by atoms with Gasteiger partial charge in [0.15, 0.2) is 0 Å². The van der Waals surface area contributed by atoms with E-state index in [9.17, 15) is 0 Å². The minimum Gasteiger partial charge on any atom is -0.321 e. The molecule has 0 bridgehead atoms. The van der Waals surface area contributed by atoms with Crippen LogP contribution in [0.3, 0.4) is 0 Å². The molecule has 0 aliphatic rings. The van der Waals surface area contributed by atoms with Crippen LogP contribution in [0.1, 0.15) is 18.1 Å². The maximum Gasteiger partial charge on any atom is 0.0521 e. The quantitative estimate of drug-likeness (QED) is 0.668. The second kappa shape index (κ2) is 4.12. The zero-order valence-corrected chi connectivity index (χ0v) is 7.94. The summed E-state index contributed by atoms with van der Waals surface area (Å²) in [6.07, 6.45) is 1.07.